The second-order valence-electron chi connectivity index (χ2n) is 7.68. The summed E-state index contributed by atoms with van der Waals surface area (Å²) in [5.74, 6) is -2.26. The van der Waals surface area contributed by atoms with E-state index in [1.54, 1.807) is 17.0 Å². The summed E-state index contributed by atoms with van der Waals surface area (Å²) >= 11 is 0. The van der Waals surface area contributed by atoms with Gasteiger partial charge in [0, 0.05) is 18.5 Å². The number of carbonyl (C=O) groups is 4. The van der Waals surface area contributed by atoms with Gasteiger partial charge in [0.25, 0.3) is 11.8 Å². The molecule has 2 aliphatic heterocycles. The van der Waals surface area contributed by atoms with Crippen molar-refractivity contribution in [3.8, 4) is 0 Å². The lowest BCUT2D eigenvalue weighted by atomic mass is 9.91. The predicted molar refractivity (Wildman–Crippen MR) is 91.8 cm³/mol. The van der Waals surface area contributed by atoms with Gasteiger partial charge in [0.2, 0.25) is 5.91 Å². The number of carbonyl (C=O) groups excluding carboxylic acids is 4. The maximum atomic E-state index is 12.4. The lowest BCUT2D eigenvalue weighted by Gasteiger charge is -2.35. The Bertz CT molecular complexity index is 737. The molecule has 26 heavy (non-hydrogen) atoms. The number of hydrogen-bond donors (Lipinski definition) is 0. The van der Waals surface area contributed by atoms with Crippen molar-refractivity contribution in [2.75, 3.05) is 13.1 Å². The Morgan fingerprint density at radius 2 is 1.50 bits per heavy atom. The van der Waals surface area contributed by atoms with Gasteiger partial charge in [-0.05, 0) is 25.0 Å². The first kappa shape index (κ1) is 18.1. The Morgan fingerprint density at radius 1 is 1.00 bits per heavy atom. The van der Waals surface area contributed by atoms with Crippen molar-refractivity contribution in [2.45, 2.75) is 33.6 Å². The highest BCUT2D eigenvalue weighted by molar-refractivity contribution is 6.20. The monoisotopic (exact) mass is 358 g/mol. The quantitative estimate of drug-likeness (QED) is 0.755. The van der Waals surface area contributed by atoms with E-state index in [4.69, 9.17) is 4.84 Å². The topological polar surface area (TPSA) is 84.0 Å². The standard InChI is InChI=1S/C19H22N2O5/c1-19(2,3)18(25)20-10-8-12(9-11-20)17(24)26-21-15(22)13-6-4-5-7-14(13)16(21)23/h4-7,12H,8-11H2,1-3H3. The van der Waals surface area contributed by atoms with E-state index in [0.717, 1.165) is 0 Å². The summed E-state index contributed by atoms with van der Waals surface area (Å²) in [7, 11) is 0. The second kappa shape index (κ2) is 6.55. The van der Waals surface area contributed by atoms with Crippen LogP contribution in [0.3, 0.4) is 0 Å². The van der Waals surface area contributed by atoms with Gasteiger partial charge in [0.15, 0.2) is 0 Å². The minimum atomic E-state index is -0.626. The van der Waals surface area contributed by atoms with Gasteiger partial charge in [0.1, 0.15) is 0 Å². The Balaban J connectivity index is 1.60. The molecule has 0 atom stereocenters. The van der Waals surface area contributed by atoms with Crippen LogP contribution >= 0.6 is 0 Å². The fraction of sp³-hybridized carbons (Fsp3) is 0.474. The van der Waals surface area contributed by atoms with E-state index in [1.165, 1.54) is 12.1 Å². The number of likely N-dealkylation sites (tertiary alicyclic amines) is 1. The van der Waals surface area contributed by atoms with Gasteiger partial charge in [-0.1, -0.05) is 38.0 Å². The summed E-state index contributed by atoms with van der Waals surface area (Å²) < 4.78 is 0. The summed E-state index contributed by atoms with van der Waals surface area (Å²) in [5.41, 5.74) is -0.000153. The highest BCUT2D eigenvalue weighted by Crippen LogP contribution is 2.27. The van der Waals surface area contributed by atoms with Crippen LogP contribution in [0.2, 0.25) is 0 Å². The average Bonchev–Trinajstić information content (AvgIpc) is 2.86. The SMILES string of the molecule is CC(C)(C)C(=O)N1CCC(C(=O)ON2C(=O)c3ccccc3C2=O)CC1. The number of piperidine rings is 1. The number of benzene rings is 1. The molecule has 0 aromatic heterocycles. The second-order valence-corrected chi connectivity index (χ2v) is 7.68. The molecular weight excluding hydrogens is 336 g/mol. The van der Waals surface area contributed by atoms with Crippen LogP contribution in [0, 0.1) is 11.3 Å². The molecule has 0 saturated carbocycles. The van der Waals surface area contributed by atoms with Crippen LogP contribution in [0.1, 0.15) is 54.3 Å². The lowest BCUT2D eigenvalue weighted by molar-refractivity contribution is -0.176. The number of nitrogens with zero attached hydrogens (tertiary/aromatic N) is 2. The van der Waals surface area contributed by atoms with Gasteiger partial charge < -0.3 is 9.74 Å². The number of amides is 3. The van der Waals surface area contributed by atoms with Crippen molar-refractivity contribution in [1.29, 1.82) is 0 Å². The highest BCUT2D eigenvalue weighted by Gasteiger charge is 2.40. The van der Waals surface area contributed by atoms with Crippen LogP contribution in [0.5, 0.6) is 0 Å². The predicted octanol–water partition coefficient (Wildman–Crippen LogP) is 2.03. The molecule has 0 N–H and O–H groups in total. The molecule has 7 nitrogen and oxygen atoms in total. The third kappa shape index (κ3) is 3.21. The number of hydroxylamine groups is 2. The molecule has 0 bridgehead atoms. The average molecular weight is 358 g/mol. The molecule has 138 valence electrons. The number of fused-ring (bicyclic) bond motifs is 1. The Kier molecular flexibility index (Phi) is 4.56. The van der Waals surface area contributed by atoms with Crippen LogP contribution in [-0.2, 0) is 14.4 Å². The first-order valence-electron chi connectivity index (χ1n) is 8.69. The molecular formula is C19H22N2O5. The molecule has 1 saturated heterocycles. The van der Waals surface area contributed by atoms with Gasteiger partial charge in [-0.3, -0.25) is 14.4 Å². The van der Waals surface area contributed by atoms with Crippen LogP contribution in [0.15, 0.2) is 24.3 Å². The molecule has 3 amide bonds. The zero-order chi connectivity index (χ0) is 19.1. The van der Waals surface area contributed by atoms with E-state index in [-0.39, 0.29) is 17.0 Å². The maximum absolute atomic E-state index is 12.4. The molecule has 2 aliphatic rings. The molecule has 2 heterocycles. The third-order valence-electron chi connectivity index (χ3n) is 4.70. The fourth-order valence-electron chi connectivity index (χ4n) is 3.21. The van der Waals surface area contributed by atoms with E-state index in [1.807, 2.05) is 20.8 Å². The fourth-order valence-corrected chi connectivity index (χ4v) is 3.21. The molecule has 1 fully saturated rings. The Morgan fingerprint density at radius 3 is 1.96 bits per heavy atom. The summed E-state index contributed by atoms with van der Waals surface area (Å²) in [6.07, 6.45) is 0.896. The molecule has 0 aliphatic carbocycles. The van der Waals surface area contributed by atoms with Gasteiger partial charge in [0.05, 0.1) is 17.0 Å². The first-order chi connectivity index (χ1) is 12.2. The zero-order valence-electron chi connectivity index (χ0n) is 15.2. The molecule has 0 unspecified atom stereocenters. The molecule has 1 aromatic carbocycles. The summed E-state index contributed by atoms with van der Waals surface area (Å²) in [5, 5.41) is 0.541. The molecule has 3 rings (SSSR count). The van der Waals surface area contributed by atoms with E-state index in [2.05, 4.69) is 0 Å². The van der Waals surface area contributed by atoms with E-state index >= 15 is 0 Å². The largest absolute Gasteiger partial charge is 0.342 e. The lowest BCUT2D eigenvalue weighted by Crippen LogP contribution is -2.46. The highest BCUT2D eigenvalue weighted by atomic mass is 16.7. The number of hydrogen-bond acceptors (Lipinski definition) is 5. The van der Waals surface area contributed by atoms with Crippen molar-refractivity contribution >= 4 is 23.7 Å². The van der Waals surface area contributed by atoms with E-state index < -0.39 is 29.1 Å². The van der Waals surface area contributed by atoms with Gasteiger partial charge in [-0.25, -0.2) is 4.79 Å². The Hall–Kier alpha value is -2.70. The zero-order valence-corrected chi connectivity index (χ0v) is 15.2. The minimum absolute atomic E-state index is 0.0460. The van der Waals surface area contributed by atoms with Gasteiger partial charge >= 0.3 is 5.97 Å². The van der Waals surface area contributed by atoms with Crippen molar-refractivity contribution in [2.24, 2.45) is 11.3 Å². The third-order valence-corrected chi connectivity index (χ3v) is 4.70. The smallest absolute Gasteiger partial charge is 0.336 e. The van der Waals surface area contributed by atoms with Crippen molar-refractivity contribution < 1.29 is 24.0 Å². The number of rotatable bonds is 2. The van der Waals surface area contributed by atoms with Crippen LogP contribution in [0.25, 0.3) is 0 Å². The Labute approximate surface area is 151 Å². The molecule has 7 heteroatoms. The molecule has 0 radical (unpaired) electrons. The van der Waals surface area contributed by atoms with Crippen LogP contribution in [0.4, 0.5) is 0 Å². The molecule has 1 aromatic rings. The maximum Gasteiger partial charge on any atom is 0.336 e. The minimum Gasteiger partial charge on any atom is -0.342 e. The van der Waals surface area contributed by atoms with E-state index in [0.29, 0.717) is 31.0 Å². The van der Waals surface area contributed by atoms with Crippen LogP contribution in [-0.4, -0.2) is 46.7 Å². The molecule has 0 spiro atoms. The summed E-state index contributed by atoms with van der Waals surface area (Å²) in [4.78, 5) is 56.1. The first-order valence-corrected chi connectivity index (χ1v) is 8.69. The van der Waals surface area contributed by atoms with Crippen molar-refractivity contribution in [3.05, 3.63) is 35.4 Å². The van der Waals surface area contributed by atoms with Gasteiger partial charge in [-0.2, -0.15) is 0 Å². The van der Waals surface area contributed by atoms with Crippen molar-refractivity contribution in [1.82, 2.24) is 9.96 Å². The number of imide groups is 1. The normalized spacial score (nSPS) is 18.1. The van der Waals surface area contributed by atoms with E-state index in [9.17, 15) is 19.2 Å². The van der Waals surface area contributed by atoms with Crippen LogP contribution < -0.4 is 0 Å². The van der Waals surface area contributed by atoms with Gasteiger partial charge in [-0.15, -0.1) is 0 Å². The summed E-state index contributed by atoms with van der Waals surface area (Å²) in [6.45, 7) is 6.49. The summed E-state index contributed by atoms with van der Waals surface area (Å²) in [6, 6.07) is 6.36. The van der Waals surface area contributed by atoms with Crippen molar-refractivity contribution in [3.63, 3.8) is 0 Å².